The number of rotatable bonds is 2. The lowest BCUT2D eigenvalue weighted by Crippen LogP contribution is -2.42. The summed E-state index contributed by atoms with van der Waals surface area (Å²) in [5.74, 6) is -0.446. The van der Waals surface area contributed by atoms with Crippen LogP contribution in [0.4, 0.5) is 0 Å². The van der Waals surface area contributed by atoms with Crippen LogP contribution in [0.25, 0.3) is 0 Å². The molecule has 0 aromatic heterocycles. The van der Waals surface area contributed by atoms with E-state index < -0.39 is 12.0 Å². The van der Waals surface area contributed by atoms with E-state index in [9.17, 15) is 4.79 Å². The first kappa shape index (κ1) is 11.4. The third kappa shape index (κ3) is 2.54. The quantitative estimate of drug-likeness (QED) is 0.832. The summed E-state index contributed by atoms with van der Waals surface area (Å²) in [6, 6.07) is 7.26. The Morgan fingerprint density at radius 2 is 2.06 bits per heavy atom. The molecule has 2 unspecified atom stereocenters. The molecule has 1 aliphatic rings. The summed E-state index contributed by atoms with van der Waals surface area (Å²) in [5, 5.41) is 12.7. The van der Waals surface area contributed by atoms with Gasteiger partial charge in [-0.15, -0.1) is 0 Å². The molecule has 1 aliphatic heterocycles. The third-order valence-electron chi connectivity index (χ3n) is 3.04. The number of carboxylic acid groups (broad SMARTS) is 1. The first-order valence-electron chi connectivity index (χ1n) is 5.38. The van der Waals surface area contributed by atoms with Gasteiger partial charge in [0.05, 0.1) is 0 Å². The highest BCUT2D eigenvalue weighted by molar-refractivity contribution is 6.30. The number of halogens is 1. The summed E-state index contributed by atoms with van der Waals surface area (Å²) in [6.07, 6.45) is 1.63. The maximum absolute atomic E-state index is 10.9. The van der Waals surface area contributed by atoms with Gasteiger partial charge >= 0.3 is 5.97 Å². The second-order valence-electron chi connectivity index (χ2n) is 4.12. The van der Waals surface area contributed by atoms with Gasteiger partial charge in [0, 0.05) is 5.02 Å². The summed E-state index contributed by atoms with van der Waals surface area (Å²) in [4.78, 5) is 10.9. The Hall–Kier alpha value is -1.06. The van der Waals surface area contributed by atoms with E-state index in [1.807, 2.05) is 24.3 Å². The van der Waals surface area contributed by atoms with Gasteiger partial charge < -0.3 is 10.4 Å². The lowest BCUT2D eigenvalue weighted by molar-refractivity contribution is -0.140. The monoisotopic (exact) mass is 239 g/mol. The van der Waals surface area contributed by atoms with Crippen molar-refractivity contribution in [2.24, 2.45) is 0 Å². The summed E-state index contributed by atoms with van der Waals surface area (Å²) in [5.41, 5.74) is 1.18. The topological polar surface area (TPSA) is 49.3 Å². The maximum atomic E-state index is 10.9. The molecule has 1 saturated heterocycles. The summed E-state index contributed by atoms with van der Waals surface area (Å²) < 4.78 is 0. The molecule has 1 fully saturated rings. The van der Waals surface area contributed by atoms with Crippen LogP contribution >= 0.6 is 11.6 Å². The highest BCUT2D eigenvalue weighted by Crippen LogP contribution is 2.28. The number of benzene rings is 1. The van der Waals surface area contributed by atoms with Gasteiger partial charge in [0.15, 0.2) is 0 Å². The molecular formula is C12H14ClNO2. The van der Waals surface area contributed by atoms with E-state index >= 15 is 0 Å². The molecular weight excluding hydrogens is 226 g/mol. The van der Waals surface area contributed by atoms with Crippen molar-refractivity contribution in [1.82, 2.24) is 5.32 Å². The van der Waals surface area contributed by atoms with Gasteiger partial charge in [0.25, 0.3) is 0 Å². The van der Waals surface area contributed by atoms with E-state index in [4.69, 9.17) is 16.7 Å². The molecule has 86 valence electrons. The molecule has 2 N–H and O–H groups in total. The minimum atomic E-state index is -0.765. The van der Waals surface area contributed by atoms with Crippen molar-refractivity contribution in [3.63, 3.8) is 0 Å². The lowest BCUT2D eigenvalue weighted by Gasteiger charge is -2.28. The van der Waals surface area contributed by atoms with E-state index in [0.717, 1.165) is 13.0 Å². The third-order valence-corrected chi connectivity index (χ3v) is 3.30. The molecule has 0 radical (unpaired) electrons. The first-order valence-corrected chi connectivity index (χ1v) is 5.76. The van der Waals surface area contributed by atoms with Crippen molar-refractivity contribution in [2.75, 3.05) is 6.54 Å². The Morgan fingerprint density at radius 1 is 1.38 bits per heavy atom. The molecule has 0 bridgehead atoms. The van der Waals surface area contributed by atoms with Crippen molar-refractivity contribution < 1.29 is 9.90 Å². The number of carbonyl (C=O) groups is 1. The van der Waals surface area contributed by atoms with Crippen LogP contribution in [0.1, 0.15) is 24.3 Å². The van der Waals surface area contributed by atoms with Crippen molar-refractivity contribution in [3.8, 4) is 0 Å². The molecule has 2 atom stereocenters. The Bertz CT molecular complexity index is 377. The van der Waals surface area contributed by atoms with Crippen LogP contribution in [-0.2, 0) is 4.79 Å². The first-order chi connectivity index (χ1) is 7.66. The highest BCUT2D eigenvalue weighted by Gasteiger charge is 2.27. The average Bonchev–Trinajstić information content (AvgIpc) is 2.30. The van der Waals surface area contributed by atoms with Crippen molar-refractivity contribution >= 4 is 17.6 Å². The molecule has 0 saturated carbocycles. The van der Waals surface area contributed by atoms with E-state index in [-0.39, 0.29) is 0 Å². The molecule has 3 nitrogen and oxygen atoms in total. The molecule has 1 aromatic carbocycles. The Morgan fingerprint density at radius 3 is 2.69 bits per heavy atom. The predicted molar refractivity (Wildman–Crippen MR) is 62.9 cm³/mol. The lowest BCUT2D eigenvalue weighted by atomic mass is 9.86. The Labute approximate surface area is 99.4 Å². The maximum Gasteiger partial charge on any atom is 0.320 e. The number of hydrogen-bond donors (Lipinski definition) is 2. The predicted octanol–water partition coefficient (Wildman–Crippen LogP) is 2.26. The second kappa shape index (κ2) is 4.85. The van der Waals surface area contributed by atoms with Crippen molar-refractivity contribution in [1.29, 1.82) is 0 Å². The van der Waals surface area contributed by atoms with Gasteiger partial charge in [-0.05, 0) is 43.0 Å². The Balaban J connectivity index is 2.09. The van der Waals surface area contributed by atoms with E-state index in [0.29, 0.717) is 17.4 Å². The average molecular weight is 240 g/mol. The van der Waals surface area contributed by atoms with Gasteiger partial charge in [-0.25, -0.2) is 0 Å². The van der Waals surface area contributed by atoms with Crippen molar-refractivity contribution in [3.05, 3.63) is 34.9 Å². The number of aliphatic carboxylic acids is 1. The number of nitrogens with one attached hydrogen (secondary N) is 1. The minimum absolute atomic E-state index is 0.319. The number of carboxylic acids is 1. The van der Waals surface area contributed by atoms with Gasteiger partial charge in [0.1, 0.15) is 6.04 Å². The van der Waals surface area contributed by atoms with E-state index in [1.54, 1.807) is 0 Å². The molecule has 0 spiro atoms. The van der Waals surface area contributed by atoms with E-state index in [1.165, 1.54) is 5.56 Å². The standard InChI is InChI=1S/C12H14ClNO2/c13-10-3-1-8(2-4-10)9-5-6-14-11(7-9)12(15)16/h1-4,9,11,14H,5-7H2,(H,15,16). The fourth-order valence-electron chi connectivity index (χ4n) is 2.14. The smallest absolute Gasteiger partial charge is 0.320 e. The summed E-state index contributed by atoms with van der Waals surface area (Å²) in [6.45, 7) is 0.754. The summed E-state index contributed by atoms with van der Waals surface area (Å²) in [7, 11) is 0. The minimum Gasteiger partial charge on any atom is -0.480 e. The second-order valence-corrected chi connectivity index (χ2v) is 4.55. The van der Waals surface area contributed by atoms with Gasteiger partial charge in [0.2, 0.25) is 0 Å². The van der Waals surface area contributed by atoms with Crippen LogP contribution in [0, 0.1) is 0 Å². The molecule has 2 rings (SSSR count). The normalized spacial score (nSPS) is 25.3. The number of hydrogen-bond acceptors (Lipinski definition) is 2. The van der Waals surface area contributed by atoms with Gasteiger partial charge in [-0.3, -0.25) is 4.79 Å². The number of piperidine rings is 1. The molecule has 0 aliphatic carbocycles. The van der Waals surface area contributed by atoms with E-state index in [2.05, 4.69) is 5.32 Å². The molecule has 1 heterocycles. The van der Waals surface area contributed by atoms with Crippen LogP contribution in [0.5, 0.6) is 0 Å². The van der Waals surface area contributed by atoms with Gasteiger partial charge in [-0.1, -0.05) is 23.7 Å². The van der Waals surface area contributed by atoms with Crippen LogP contribution in [0.3, 0.4) is 0 Å². The molecule has 16 heavy (non-hydrogen) atoms. The Kier molecular flexibility index (Phi) is 3.46. The van der Waals surface area contributed by atoms with Gasteiger partial charge in [-0.2, -0.15) is 0 Å². The van der Waals surface area contributed by atoms with Crippen LogP contribution in [0.2, 0.25) is 5.02 Å². The van der Waals surface area contributed by atoms with Crippen LogP contribution in [0.15, 0.2) is 24.3 Å². The largest absolute Gasteiger partial charge is 0.480 e. The van der Waals surface area contributed by atoms with Crippen molar-refractivity contribution in [2.45, 2.75) is 24.8 Å². The molecule has 1 aromatic rings. The van der Waals surface area contributed by atoms with Crippen LogP contribution < -0.4 is 5.32 Å². The van der Waals surface area contributed by atoms with Crippen LogP contribution in [-0.4, -0.2) is 23.7 Å². The zero-order chi connectivity index (χ0) is 11.5. The zero-order valence-electron chi connectivity index (χ0n) is 8.82. The zero-order valence-corrected chi connectivity index (χ0v) is 9.57. The highest BCUT2D eigenvalue weighted by atomic mass is 35.5. The SMILES string of the molecule is O=C(O)C1CC(c2ccc(Cl)cc2)CCN1. The fraction of sp³-hybridized carbons (Fsp3) is 0.417. The fourth-order valence-corrected chi connectivity index (χ4v) is 2.27. The molecule has 0 amide bonds. The molecule has 4 heteroatoms. The summed E-state index contributed by atoms with van der Waals surface area (Å²) >= 11 is 5.82.